The number of hydrogen-bond acceptors (Lipinski definition) is 4. The molecule has 0 aliphatic rings. The van der Waals surface area contributed by atoms with Gasteiger partial charge in [0.15, 0.2) is 8.32 Å². The standard InChI is InChI=1S/C27H39ClFNO3Si/c1-26(2,3)21(12-13-27(4,5)34(7,8)32)20(17-31)25-23(33-6)15-18(16-30-25)14-19-10-9-11-22(28)24(19)29/h9-11,15-17,20-21,32H,12-14H2,1-8H3/t20?,21-/m0/s1. The highest BCUT2D eigenvalue weighted by Gasteiger charge is 2.41. The number of pyridine rings is 1. The van der Waals surface area contributed by atoms with Crippen molar-refractivity contribution in [1.29, 1.82) is 0 Å². The molecular formula is C27H39ClFNO3Si. The second kappa shape index (κ2) is 10.9. The van der Waals surface area contributed by atoms with E-state index in [4.69, 9.17) is 16.3 Å². The quantitative estimate of drug-likeness (QED) is 0.273. The number of halogens is 2. The van der Waals surface area contributed by atoms with E-state index in [-0.39, 0.29) is 21.4 Å². The summed E-state index contributed by atoms with van der Waals surface area (Å²) in [6, 6.07) is 6.76. The highest BCUT2D eigenvalue weighted by Crippen LogP contribution is 2.47. The molecule has 2 aromatic rings. The van der Waals surface area contributed by atoms with Crippen LogP contribution in [0.15, 0.2) is 30.5 Å². The van der Waals surface area contributed by atoms with Gasteiger partial charge in [0, 0.05) is 12.6 Å². The number of hydrogen-bond donors (Lipinski definition) is 1. The Morgan fingerprint density at radius 3 is 2.41 bits per heavy atom. The van der Waals surface area contributed by atoms with Gasteiger partial charge in [-0.2, -0.15) is 0 Å². The van der Waals surface area contributed by atoms with Crippen LogP contribution in [0.3, 0.4) is 0 Å². The van der Waals surface area contributed by atoms with E-state index in [0.29, 0.717) is 23.4 Å². The van der Waals surface area contributed by atoms with Crippen molar-refractivity contribution in [2.75, 3.05) is 7.11 Å². The largest absolute Gasteiger partial charge is 0.495 e. The van der Waals surface area contributed by atoms with Crippen molar-refractivity contribution in [3.63, 3.8) is 0 Å². The van der Waals surface area contributed by atoms with Gasteiger partial charge in [-0.3, -0.25) is 4.98 Å². The SMILES string of the molecule is COc1cc(Cc2cccc(Cl)c2F)cnc1C(C=O)[C@H](CCC(C)(C)[Si](C)(C)O)C(C)(C)C. The van der Waals surface area contributed by atoms with Gasteiger partial charge in [-0.15, -0.1) is 0 Å². The Hall–Kier alpha value is -1.76. The summed E-state index contributed by atoms with van der Waals surface area (Å²) in [5, 5.41) is -0.105. The average Bonchev–Trinajstić information content (AvgIpc) is 2.73. The molecule has 2 rings (SSSR count). The summed E-state index contributed by atoms with van der Waals surface area (Å²) in [5.74, 6) is -0.393. The summed E-state index contributed by atoms with van der Waals surface area (Å²) >= 11 is 5.92. The molecule has 7 heteroatoms. The van der Waals surface area contributed by atoms with Gasteiger partial charge >= 0.3 is 0 Å². The highest BCUT2D eigenvalue weighted by atomic mass is 35.5. The zero-order valence-corrected chi connectivity index (χ0v) is 23.5. The molecule has 0 aliphatic heterocycles. The molecule has 0 radical (unpaired) electrons. The molecule has 0 fully saturated rings. The molecule has 1 unspecified atom stereocenters. The highest BCUT2D eigenvalue weighted by molar-refractivity contribution is 6.72. The topological polar surface area (TPSA) is 59.4 Å². The fraction of sp³-hybridized carbons (Fsp3) is 0.556. The third-order valence-electron chi connectivity index (χ3n) is 7.33. The van der Waals surface area contributed by atoms with Crippen molar-refractivity contribution >= 4 is 26.2 Å². The molecule has 1 aromatic carbocycles. The molecule has 0 saturated carbocycles. The molecule has 0 bridgehead atoms. The summed E-state index contributed by atoms with van der Waals surface area (Å²) in [6.45, 7) is 14.5. The van der Waals surface area contributed by atoms with Gasteiger partial charge in [-0.05, 0) is 65.6 Å². The van der Waals surface area contributed by atoms with Crippen LogP contribution in [0.2, 0.25) is 23.2 Å². The van der Waals surface area contributed by atoms with Gasteiger partial charge in [-0.1, -0.05) is 58.4 Å². The van der Waals surface area contributed by atoms with Crippen molar-refractivity contribution in [2.45, 2.75) is 77.9 Å². The van der Waals surface area contributed by atoms with Gasteiger partial charge < -0.3 is 14.3 Å². The van der Waals surface area contributed by atoms with Crippen molar-refractivity contribution in [1.82, 2.24) is 4.98 Å². The molecule has 1 heterocycles. The lowest BCUT2D eigenvalue weighted by Crippen LogP contribution is -2.40. The maximum absolute atomic E-state index is 14.4. The smallest absolute Gasteiger partial charge is 0.188 e. The molecule has 34 heavy (non-hydrogen) atoms. The summed E-state index contributed by atoms with van der Waals surface area (Å²) in [7, 11) is -0.818. The van der Waals surface area contributed by atoms with Gasteiger partial charge in [0.2, 0.25) is 0 Å². The first-order valence-corrected chi connectivity index (χ1v) is 15.1. The van der Waals surface area contributed by atoms with Crippen LogP contribution in [0.1, 0.15) is 70.2 Å². The fourth-order valence-electron chi connectivity index (χ4n) is 4.23. The third kappa shape index (κ3) is 6.67. The molecule has 188 valence electrons. The average molecular weight is 508 g/mol. The normalized spacial score (nSPS) is 14.6. The van der Waals surface area contributed by atoms with Crippen LogP contribution < -0.4 is 4.74 Å². The van der Waals surface area contributed by atoms with Gasteiger partial charge in [-0.25, -0.2) is 4.39 Å². The Labute approximate surface area is 210 Å². The first-order chi connectivity index (χ1) is 15.6. The number of carbonyl (C=O) groups is 1. The van der Waals surface area contributed by atoms with Crippen LogP contribution >= 0.6 is 11.6 Å². The monoisotopic (exact) mass is 507 g/mol. The molecule has 0 spiro atoms. The van der Waals surface area contributed by atoms with Crippen molar-refractivity contribution in [2.24, 2.45) is 11.3 Å². The summed E-state index contributed by atoms with van der Waals surface area (Å²) in [4.78, 5) is 27.8. The van der Waals surface area contributed by atoms with Crippen LogP contribution in [0.4, 0.5) is 4.39 Å². The Morgan fingerprint density at radius 1 is 1.24 bits per heavy atom. The number of benzene rings is 1. The van der Waals surface area contributed by atoms with E-state index in [1.54, 1.807) is 25.4 Å². The van der Waals surface area contributed by atoms with Crippen LogP contribution in [-0.2, 0) is 11.2 Å². The van der Waals surface area contributed by atoms with Crippen molar-refractivity contribution in [3.05, 3.63) is 58.1 Å². The number of aromatic nitrogens is 1. The molecule has 0 saturated heterocycles. The minimum Gasteiger partial charge on any atom is -0.495 e. The van der Waals surface area contributed by atoms with Gasteiger partial charge in [0.05, 0.1) is 23.7 Å². The molecule has 1 N–H and O–H groups in total. The lowest BCUT2D eigenvalue weighted by atomic mass is 9.69. The Kier molecular flexibility index (Phi) is 9.11. The lowest BCUT2D eigenvalue weighted by Gasteiger charge is -2.40. The number of aldehydes is 1. The molecule has 2 atom stereocenters. The van der Waals surface area contributed by atoms with E-state index < -0.39 is 20.1 Å². The summed E-state index contributed by atoms with van der Waals surface area (Å²) in [6.07, 6.45) is 4.54. The molecule has 0 amide bonds. The summed E-state index contributed by atoms with van der Waals surface area (Å²) < 4.78 is 20.0. The van der Waals surface area contributed by atoms with Crippen LogP contribution in [0.25, 0.3) is 0 Å². The number of ether oxygens (including phenoxy) is 1. The fourth-order valence-corrected chi connectivity index (χ4v) is 5.18. The third-order valence-corrected chi connectivity index (χ3v) is 11.2. The van der Waals surface area contributed by atoms with Crippen molar-refractivity contribution in [3.8, 4) is 5.75 Å². The number of rotatable bonds is 10. The predicted molar refractivity (Wildman–Crippen MR) is 140 cm³/mol. The van der Waals surface area contributed by atoms with Crippen LogP contribution in [0, 0.1) is 17.2 Å². The van der Waals surface area contributed by atoms with E-state index in [1.807, 2.05) is 19.2 Å². The van der Waals surface area contributed by atoms with E-state index >= 15 is 0 Å². The maximum atomic E-state index is 14.4. The lowest BCUT2D eigenvalue weighted by molar-refractivity contribution is -0.111. The molecular weight excluding hydrogens is 469 g/mol. The van der Waals surface area contributed by atoms with Crippen LogP contribution in [0.5, 0.6) is 5.75 Å². The molecule has 0 aliphatic carbocycles. The summed E-state index contributed by atoms with van der Waals surface area (Å²) in [5.41, 5.74) is 1.67. The molecule has 4 nitrogen and oxygen atoms in total. The number of nitrogens with zero attached hydrogens (tertiary/aromatic N) is 1. The van der Waals surface area contributed by atoms with Crippen molar-refractivity contribution < 1.29 is 18.7 Å². The van der Waals surface area contributed by atoms with E-state index in [2.05, 4.69) is 39.6 Å². The van der Waals surface area contributed by atoms with Crippen LogP contribution in [-0.4, -0.2) is 31.5 Å². The second-order valence-electron chi connectivity index (χ2n) is 11.4. The van der Waals surface area contributed by atoms with E-state index in [9.17, 15) is 14.0 Å². The second-order valence-corrected chi connectivity index (χ2v) is 16.3. The van der Waals surface area contributed by atoms with E-state index in [1.165, 1.54) is 6.07 Å². The molecule has 1 aromatic heterocycles. The zero-order valence-electron chi connectivity index (χ0n) is 21.7. The minimum atomic E-state index is -2.37. The number of carbonyl (C=O) groups excluding carboxylic acids is 1. The van der Waals surface area contributed by atoms with Gasteiger partial charge in [0.1, 0.15) is 17.9 Å². The maximum Gasteiger partial charge on any atom is 0.188 e. The van der Waals surface area contributed by atoms with Gasteiger partial charge in [0.25, 0.3) is 0 Å². The first-order valence-electron chi connectivity index (χ1n) is 11.8. The number of methoxy groups -OCH3 is 1. The minimum absolute atomic E-state index is 0.00162. The predicted octanol–water partition coefficient (Wildman–Crippen LogP) is 7.18. The Morgan fingerprint density at radius 2 is 1.88 bits per heavy atom. The Bertz CT molecular complexity index is 998. The first kappa shape index (κ1) is 28.5. The zero-order chi connectivity index (χ0) is 25.9. The Balaban J connectivity index is 2.40. The van der Waals surface area contributed by atoms with E-state index in [0.717, 1.165) is 24.7 Å².